The lowest BCUT2D eigenvalue weighted by atomic mass is 10.2. The number of aryl methyl sites for hydroxylation is 1. The molecule has 1 N–H and O–H groups in total. The van der Waals surface area contributed by atoms with Crippen molar-refractivity contribution in [3.05, 3.63) is 40.3 Å². The van der Waals surface area contributed by atoms with Gasteiger partial charge in [0.2, 0.25) is 0 Å². The van der Waals surface area contributed by atoms with E-state index in [2.05, 4.69) is 10.3 Å². The number of anilines is 2. The number of nitrogens with one attached hydrogen (secondary N) is 1. The summed E-state index contributed by atoms with van der Waals surface area (Å²) in [7, 11) is 0. The van der Waals surface area contributed by atoms with Gasteiger partial charge in [0.25, 0.3) is 11.8 Å². The lowest BCUT2D eigenvalue weighted by molar-refractivity contribution is -0.125. The van der Waals surface area contributed by atoms with Crippen molar-refractivity contribution in [3.63, 3.8) is 0 Å². The van der Waals surface area contributed by atoms with Crippen molar-refractivity contribution in [2.24, 2.45) is 0 Å². The number of nitrogens with zero attached hydrogens (tertiary/aromatic N) is 3. The predicted octanol–water partition coefficient (Wildman–Crippen LogP) is 1.57. The first-order valence-corrected chi connectivity index (χ1v) is 10.1. The highest BCUT2D eigenvalue weighted by Crippen LogP contribution is 2.25. The topological polar surface area (TPSA) is 101 Å². The van der Waals surface area contributed by atoms with E-state index >= 15 is 0 Å². The Hall–Kier alpha value is -2.98. The zero-order valence-corrected chi connectivity index (χ0v) is 16.6. The third-order valence-corrected chi connectivity index (χ3v) is 5.60. The molecule has 2 aromatic rings. The van der Waals surface area contributed by atoms with Crippen molar-refractivity contribution in [3.8, 4) is 0 Å². The summed E-state index contributed by atoms with van der Waals surface area (Å²) in [6, 6.07) is 7.15. The molecule has 0 bridgehead atoms. The summed E-state index contributed by atoms with van der Waals surface area (Å²) in [6.45, 7) is 3.44. The van der Waals surface area contributed by atoms with Crippen LogP contribution in [0.5, 0.6) is 0 Å². The van der Waals surface area contributed by atoms with Crippen LogP contribution in [0.1, 0.15) is 15.5 Å². The maximum absolute atomic E-state index is 12.2. The summed E-state index contributed by atoms with van der Waals surface area (Å²) in [5, 5.41) is 4.94. The van der Waals surface area contributed by atoms with E-state index in [1.165, 1.54) is 16.2 Å². The summed E-state index contributed by atoms with van der Waals surface area (Å²) >= 11 is 1.27. The standard InChI is InChI=1S/C19H20N4O5S/c1-12-11-29-18(21-12)17(25)20-8-15-9-23(19(26)28-15)14-4-2-13(3-5-14)22-6-7-27-10-16(22)24/h2-5,11,15H,6-10H2,1H3,(H,20,25)/t15-/m0/s1. The van der Waals surface area contributed by atoms with Crippen molar-refractivity contribution in [2.45, 2.75) is 13.0 Å². The number of benzene rings is 1. The quantitative estimate of drug-likeness (QED) is 0.794. The number of cyclic esters (lactones) is 1. The van der Waals surface area contributed by atoms with Crippen molar-refractivity contribution in [2.75, 3.05) is 42.6 Å². The van der Waals surface area contributed by atoms with Gasteiger partial charge in [-0.25, -0.2) is 9.78 Å². The molecule has 0 radical (unpaired) electrons. The maximum Gasteiger partial charge on any atom is 0.414 e. The lowest BCUT2D eigenvalue weighted by Gasteiger charge is -2.27. The molecule has 2 aliphatic heterocycles. The Bertz CT molecular complexity index is 929. The molecule has 4 rings (SSSR count). The Morgan fingerprint density at radius 1 is 1.24 bits per heavy atom. The first-order valence-electron chi connectivity index (χ1n) is 9.18. The smallest absolute Gasteiger partial charge is 0.414 e. The van der Waals surface area contributed by atoms with Gasteiger partial charge in [-0.05, 0) is 31.2 Å². The van der Waals surface area contributed by atoms with Crippen LogP contribution in [0.25, 0.3) is 0 Å². The summed E-state index contributed by atoms with van der Waals surface area (Å²) in [5.41, 5.74) is 2.22. The number of hydrogen-bond donors (Lipinski definition) is 1. The number of thiazole rings is 1. The molecule has 3 amide bonds. The van der Waals surface area contributed by atoms with Gasteiger partial charge in [0.15, 0.2) is 5.01 Å². The van der Waals surface area contributed by atoms with E-state index in [9.17, 15) is 14.4 Å². The first-order chi connectivity index (χ1) is 14.0. The molecule has 10 heteroatoms. The van der Waals surface area contributed by atoms with E-state index in [-0.39, 0.29) is 25.0 Å². The number of aromatic nitrogens is 1. The predicted molar refractivity (Wildman–Crippen MR) is 106 cm³/mol. The molecule has 152 valence electrons. The van der Waals surface area contributed by atoms with Crippen LogP contribution < -0.4 is 15.1 Å². The molecule has 29 heavy (non-hydrogen) atoms. The monoisotopic (exact) mass is 416 g/mol. The molecular formula is C19H20N4O5S. The van der Waals surface area contributed by atoms with Gasteiger partial charge < -0.3 is 19.7 Å². The average molecular weight is 416 g/mol. The minimum Gasteiger partial charge on any atom is -0.442 e. The van der Waals surface area contributed by atoms with E-state index < -0.39 is 12.2 Å². The number of ether oxygens (including phenoxy) is 2. The SMILES string of the molecule is Cc1csc(C(=O)NC[C@H]2CN(c3ccc(N4CCOCC4=O)cc3)C(=O)O2)n1. The van der Waals surface area contributed by atoms with Crippen LogP contribution in [0.15, 0.2) is 29.6 Å². The van der Waals surface area contributed by atoms with Crippen LogP contribution in [0.2, 0.25) is 0 Å². The molecular weight excluding hydrogens is 396 g/mol. The van der Waals surface area contributed by atoms with E-state index in [1.807, 2.05) is 6.92 Å². The third-order valence-electron chi connectivity index (χ3n) is 4.64. The largest absolute Gasteiger partial charge is 0.442 e. The van der Waals surface area contributed by atoms with Crippen molar-refractivity contribution >= 4 is 40.6 Å². The molecule has 1 aromatic carbocycles. The molecule has 0 unspecified atom stereocenters. The Morgan fingerprint density at radius 3 is 2.62 bits per heavy atom. The zero-order chi connectivity index (χ0) is 20.4. The highest BCUT2D eigenvalue weighted by Gasteiger charge is 2.33. The van der Waals surface area contributed by atoms with Gasteiger partial charge in [-0.15, -0.1) is 11.3 Å². The number of carbonyl (C=O) groups excluding carboxylic acids is 3. The number of carbonyl (C=O) groups is 3. The number of amides is 3. The fourth-order valence-electron chi connectivity index (χ4n) is 3.18. The second-order valence-corrected chi connectivity index (χ2v) is 7.59. The second-order valence-electron chi connectivity index (χ2n) is 6.73. The molecule has 2 aliphatic rings. The fraction of sp³-hybridized carbons (Fsp3) is 0.368. The summed E-state index contributed by atoms with van der Waals surface area (Å²) in [6.07, 6.45) is -0.919. The Kier molecular flexibility index (Phi) is 5.45. The van der Waals surface area contributed by atoms with Crippen LogP contribution in [0.3, 0.4) is 0 Å². The van der Waals surface area contributed by atoms with Crippen molar-refractivity contribution in [1.82, 2.24) is 10.3 Å². The molecule has 0 spiro atoms. The van der Waals surface area contributed by atoms with Gasteiger partial charge in [-0.2, -0.15) is 0 Å². The molecule has 1 aromatic heterocycles. The summed E-state index contributed by atoms with van der Waals surface area (Å²) in [5.74, 6) is -0.368. The van der Waals surface area contributed by atoms with Gasteiger partial charge in [0, 0.05) is 29.0 Å². The minimum absolute atomic E-state index is 0.0775. The summed E-state index contributed by atoms with van der Waals surface area (Å²) in [4.78, 5) is 43.6. The van der Waals surface area contributed by atoms with Crippen LogP contribution in [-0.4, -0.2) is 61.8 Å². The van der Waals surface area contributed by atoms with Gasteiger partial charge in [-0.1, -0.05) is 0 Å². The minimum atomic E-state index is -0.468. The third kappa shape index (κ3) is 4.22. The van der Waals surface area contributed by atoms with Gasteiger partial charge in [-0.3, -0.25) is 14.5 Å². The van der Waals surface area contributed by atoms with Crippen LogP contribution >= 0.6 is 11.3 Å². The van der Waals surface area contributed by atoms with Crippen molar-refractivity contribution in [1.29, 1.82) is 0 Å². The highest BCUT2D eigenvalue weighted by molar-refractivity contribution is 7.11. The fourth-order valence-corrected chi connectivity index (χ4v) is 3.89. The highest BCUT2D eigenvalue weighted by atomic mass is 32.1. The molecule has 2 fully saturated rings. The Morgan fingerprint density at radius 2 is 1.97 bits per heavy atom. The normalized spacial score (nSPS) is 19.4. The van der Waals surface area contributed by atoms with E-state index in [1.54, 1.807) is 34.5 Å². The summed E-state index contributed by atoms with van der Waals surface area (Å²) < 4.78 is 10.5. The van der Waals surface area contributed by atoms with Gasteiger partial charge in [0.1, 0.15) is 12.7 Å². The lowest BCUT2D eigenvalue weighted by Crippen LogP contribution is -2.41. The number of morpholine rings is 1. The molecule has 3 heterocycles. The van der Waals surface area contributed by atoms with Crippen LogP contribution in [0.4, 0.5) is 16.2 Å². The van der Waals surface area contributed by atoms with E-state index in [0.29, 0.717) is 30.4 Å². The first kappa shape index (κ1) is 19.3. The number of rotatable bonds is 5. The Labute approximate surface area is 171 Å². The second kappa shape index (κ2) is 8.18. The average Bonchev–Trinajstić information content (AvgIpc) is 3.32. The Balaban J connectivity index is 1.35. The van der Waals surface area contributed by atoms with Gasteiger partial charge >= 0.3 is 6.09 Å². The van der Waals surface area contributed by atoms with Gasteiger partial charge in [0.05, 0.1) is 19.7 Å². The van der Waals surface area contributed by atoms with Crippen molar-refractivity contribution < 1.29 is 23.9 Å². The molecule has 2 saturated heterocycles. The maximum atomic E-state index is 12.2. The molecule has 0 aliphatic carbocycles. The molecule has 1 atom stereocenters. The molecule has 0 saturated carbocycles. The van der Waals surface area contributed by atoms with E-state index in [0.717, 1.165) is 11.4 Å². The number of hydrogen-bond acceptors (Lipinski definition) is 7. The molecule has 9 nitrogen and oxygen atoms in total. The van der Waals surface area contributed by atoms with Crippen LogP contribution in [0, 0.1) is 6.92 Å². The van der Waals surface area contributed by atoms with E-state index in [4.69, 9.17) is 9.47 Å². The van der Waals surface area contributed by atoms with Crippen LogP contribution in [-0.2, 0) is 14.3 Å². The zero-order valence-electron chi connectivity index (χ0n) is 15.8.